The van der Waals surface area contributed by atoms with E-state index in [-0.39, 0.29) is 28.3 Å². The highest BCUT2D eigenvalue weighted by atomic mass is 15.0. The first kappa shape index (κ1) is 12.5. The Balaban J connectivity index is 3.59. The predicted octanol–water partition coefficient (Wildman–Crippen LogP) is 0.352. The van der Waals surface area contributed by atoms with E-state index in [9.17, 15) is 0 Å². The Kier molecular flexibility index (Phi) is 3.43. The topological polar surface area (TPSA) is 155 Å². The maximum Gasteiger partial charge on any atom is 0.170 e. The molecule has 1 heterocycles. The van der Waals surface area contributed by atoms with Crippen LogP contribution in [0.5, 0.6) is 0 Å². The zero-order valence-electron chi connectivity index (χ0n) is 8.81. The molecule has 0 amide bonds. The molecule has 2 N–H and O–H groups in total. The monoisotopic (exact) mass is 233 g/mol. The average Bonchev–Trinajstić information content (AvgIpc) is 2.71. The second-order valence-corrected chi connectivity index (χ2v) is 3.07. The second-order valence-electron chi connectivity index (χ2n) is 3.07. The Hall–Kier alpha value is -3.60. The molecular formula is C11H3N7. The zero-order valence-corrected chi connectivity index (χ0v) is 8.81. The summed E-state index contributed by atoms with van der Waals surface area (Å²) < 4.78 is 0. The van der Waals surface area contributed by atoms with E-state index in [1.807, 2.05) is 0 Å². The van der Waals surface area contributed by atoms with Crippen molar-refractivity contribution < 1.29 is 0 Å². The third-order valence-corrected chi connectivity index (χ3v) is 2.16. The molecule has 0 unspecified atom stereocenters. The van der Waals surface area contributed by atoms with Crippen LogP contribution in [0.4, 0.5) is 0 Å². The van der Waals surface area contributed by atoms with Crippen LogP contribution in [0.1, 0.15) is 0 Å². The van der Waals surface area contributed by atoms with E-state index in [1.165, 1.54) is 0 Å². The molecule has 1 rings (SSSR count). The van der Waals surface area contributed by atoms with Crippen LogP contribution >= 0.6 is 0 Å². The third kappa shape index (κ3) is 1.74. The number of amidine groups is 1. The standard InChI is InChI=1S/C11H3N7/c12-1-6(2-13)7(3-14)10-8(4-15)9(5-16)11(17)18-10/h6H,(H2,17,18)/b10-7-. The van der Waals surface area contributed by atoms with E-state index < -0.39 is 5.92 Å². The van der Waals surface area contributed by atoms with Gasteiger partial charge in [0.15, 0.2) is 5.92 Å². The fourth-order valence-corrected chi connectivity index (χ4v) is 1.35. The lowest BCUT2D eigenvalue weighted by Gasteiger charge is -2.04. The molecule has 1 aliphatic heterocycles. The van der Waals surface area contributed by atoms with E-state index >= 15 is 0 Å². The highest BCUT2D eigenvalue weighted by Gasteiger charge is 2.30. The fourth-order valence-electron chi connectivity index (χ4n) is 1.35. The molecule has 0 aliphatic carbocycles. The minimum Gasteiger partial charge on any atom is -0.338 e. The molecular weight excluding hydrogens is 230 g/mol. The molecule has 0 aromatic heterocycles. The molecule has 7 nitrogen and oxygen atoms in total. The molecule has 0 radical (unpaired) electrons. The Morgan fingerprint density at radius 3 is 1.94 bits per heavy atom. The predicted molar refractivity (Wildman–Crippen MR) is 56.5 cm³/mol. The molecule has 0 aromatic rings. The normalized spacial score (nSPS) is 15.9. The Bertz CT molecular complexity index is 674. The number of nitrogens with one attached hydrogen (secondary N) is 2. The van der Waals surface area contributed by atoms with Gasteiger partial charge in [0.25, 0.3) is 0 Å². The maximum absolute atomic E-state index is 8.94. The van der Waals surface area contributed by atoms with Crippen LogP contribution in [0.2, 0.25) is 0 Å². The molecule has 82 valence electrons. The molecule has 18 heavy (non-hydrogen) atoms. The Labute approximate surface area is 102 Å². The van der Waals surface area contributed by atoms with E-state index in [1.54, 1.807) is 30.3 Å². The van der Waals surface area contributed by atoms with E-state index in [0.717, 1.165) is 0 Å². The number of rotatable bonds is 1. The van der Waals surface area contributed by atoms with Crippen LogP contribution in [0.25, 0.3) is 0 Å². The summed E-state index contributed by atoms with van der Waals surface area (Å²) in [6.07, 6.45) is 0. The third-order valence-electron chi connectivity index (χ3n) is 2.16. The SMILES string of the molecule is N#CC1=C(C#N)/C(=C(\C#N)C(C#N)C#N)NC1=N. The van der Waals surface area contributed by atoms with Gasteiger partial charge in [-0.2, -0.15) is 26.3 Å². The van der Waals surface area contributed by atoms with E-state index in [0.29, 0.717) is 0 Å². The number of nitrogens with zero attached hydrogens (tertiary/aromatic N) is 5. The van der Waals surface area contributed by atoms with Gasteiger partial charge in [-0.15, -0.1) is 0 Å². The van der Waals surface area contributed by atoms with Crippen LogP contribution in [0, 0.1) is 68.0 Å². The van der Waals surface area contributed by atoms with Gasteiger partial charge in [0.1, 0.15) is 23.5 Å². The first-order valence-corrected chi connectivity index (χ1v) is 4.48. The second kappa shape index (κ2) is 4.95. The molecule has 1 aliphatic rings. The molecule has 0 spiro atoms. The molecule has 0 fully saturated rings. The maximum atomic E-state index is 8.94. The van der Waals surface area contributed by atoms with Crippen LogP contribution in [0.3, 0.4) is 0 Å². The van der Waals surface area contributed by atoms with E-state index in [2.05, 4.69) is 5.32 Å². The summed E-state index contributed by atoms with van der Waals surface area (Å²) in [7, 11) is 0. The van der Waals surface area contributed by atoms with Crippen molar-refractivity contribution in [3.63, 3.8) is 0 Å². The van der Waals surface area contributed by atoms with Crippen LogP contribution in [0.15, 0.2) is 22.4 Å². The van der Waals surface area contributed by atoms with Crippen LogP contribution < -0.4 is 5.32 Å². The van der Waals surface area contributed by atoms with Crippen molar-refractivity contribution in [2.24, 2.45) is 5.92 Å². The van der Waals surface area contributed by atoms with Gasteiger partial charge in [-0.1, -0.05) is 0 Å². The summed E-state index contributed by atoms with van der Waals surface area (Å²) >= 11 is 0. The first-order chi connectivity index (χ1) is 8.64. The number of hydrogen-bond acceptors (Lipinski definition) is 6. The lowest BCUT2D eigenvalue weighted by molar-refractivity contribution is 0.987. The van der Waals surface area contributed by atoms with Crippen molar-refractivity contribution in [2.45, 2.75) is 0 Å². The summed E-state index contributed by atoms with van der Waals surface area (Å²) in [5.41, 5.74) is -0.800. The molecule has 0 atom stereocenters. The molecule has 0 saturated heterocycles. The van der Waals surface area contributed by atoms with Gasteiger partial charge in [-0.3, -0.25) is 5.41 Å². The molecule has 0 saturated carbocycles. The summed E-state index contributed by atoms with van der Waals surface area (Å²) in [6.45, 7) is 0. The van der Waals surface area contributed by atoms with Gasteiger partial charge in [-0.05, 0) is 0 Å². The molecule has 0 aromatic carbocycles. The largest absolute Gasteiger partial charge is 0.338 e. The van der Waals surface area contributed by atoms with Crippen molar-refractivity contribution in [3.05, 3.63) is 22.4 Å². The van der Waals surface area contributed by atoms with Crippen molar-refractivity contribution >= 4 is 5.84 Å². The lowest BCUT2D eigenvalue weighted by atomic mass is 9.98. The summed E-state index contributed by atoms with van der Waals surface area (Å²) in [5, 5.41) is 53.9. The molecule has 0 bridgehead atoms. The summed E-state index contributed by atoms with van der Waals surface area (Å²) in [5.74, 6) is -1.68. The van der Waals surface area contributed by atoms with Gasteiger partial charge in [0.2, 0.25) is 0 Å². The fraction of sp³-hybridized carbons (Fsp3) is 0.0909. The van der Waals surface area contributed by atoms with Gasteiger partial charge in [-0.25, -0.2) is 0 Å². The average molecular weight is 233 g/mol. The quantitative estimate of drug-likeness (QED) is 0.622. The minimum absolute atomic E-state index is 0.116. The highest BCUT2D eigenvalue weighted by molar-refractivity contribution is 6.07. The van der Waals surface area contributed by atoms with Crippen LogP contribution in [-0.4, -0.2) is 5.84 Å². The minimum atomic E-state index is -1.35. The Morgan fingerprint density at radius 1 is 1.00 bits per heavy atom. The van der Waals surface area contributed by atoms with Crippen molar-refractivity contribution in [1.29, 1.82) is 31.7 Å². The highest BCUT2D eigenvalue weighted by Crippen LogP contribution is 2.25. The molecule has 7 heteroatoms. The Morgan fingerprint density at radius 2 is 1.56 bits per heavy atom. The summed E-state index contributed by atoms with van der Waals surface area (Å²) in [4.78, 5) is 0. The first-order valence-electron chi connectivity index (χ1n) is 4.48. The number of nitriles is 5. The van der Waals surface area contributed by atoms with Gasteiger partial charge < -0.3 is 5.32 Å². The van der Waals surface area contributed by atoms with Crippen LogP contribution in [-0.2, 0) is 0 Å². The van der Waals surface area contributed by atoms with Crippen molar-refractivity contribution in [3.8, 4) is 30.3 Å². The van der Waals surface area contributed by atoms with Crippen molar-refractivity contribution in [2.75, 3.05) is 0 Å². The van der Waals surface area contributed by atoms with E-state index in [4.69, 9.17) is 31.7 Å². The summed E-state index contributed by atoms with van der Waals surface area (Å²) in [6, 6.07) is 8.21. The smallest absolute Gasteiger partial charge is 0.170 e. The zero-order chi connectivity index (χ0) is 13.7. The number of allylic oxidation sites excluding steroid dienone is 2. The van der Waals surface area contributed by atoms with Gasteiger partial charge >= 0.3 is 0 Å². The lowest BCUT2D eigenvalue weighted by Crippen LogP contribution is -2.18. The van der Waals surface area contributed by atoms with Gasteiger partial charge in [0, 0.05) is 0 Å². The van der Waals surface area contributed by atoms with Crippen molar-refractivity contribution in [1.82, 2.24) is 5.32 Å². The number of hydrogen-bond donors (Lipinski definition) is 2. The van der Waals surface area contributed by atoms with Gasteiger partial charge in [0.05, 0.1) is 35.1 Å².